The minimum absolute atomic E-state index is 0.347. The molecule has 8 rings (SSSR count). The summed E-state index contributed by atoms with van der Waals surface area (Å²) in [5, 5.41) is 2.11. The zero-order valence-corrected chi connectivity index (χ0v) is 24.3. The second kappa shape index (κ2) is 11.4. The second-order valence-electron chi connectivity index (χ2n) is 10.9. The predicted octanol–water partition coefficient (Wildman–Crippen LogP) is 9.58. The van der Waals surface area contributed by atoms with Crippen molar-refractivity contribution in [3.05, 3.63) is 151 Å². The summed E-state index contributed by atoms with van der Waals surface area (Å²) in [6.45, 7) is 0. The minimum atomic E-state index is -0.347. The van der Waals surface area contributed by atoms with Crippen LogP contribution in [0.2, 0.25) is 0 Å². The monoisotopic (exact) mass is 599 g/mol. The molecule has 0 aliphatic heterocycles. The first-order valence-electron chi connectivity index (χ1n) is 14.7. The van der Waals surface area contributed by atoms with E-state index >= 15 is 0 Å². The van der Waals surface area contributed by atoms with E-state index in [1.165, 1.54) is 24.3 Å². The highest BCUT2D eigenvalue weighted by Crippen LogP contribution is 2.34. The van der Waals surface area contributed by atoms with E-state index in [-0.39, 0.29) is 11.6 Å². The predicted molar refractivity (Wildman–Crippen MR) is 178 cm³/mol. The summed E-state index contributed by atoms with van der Waals surface area (Å²) in [4.78, 5) is 23.3. The molecule has 0 fully saturated rings. The van der Waals surface area contributed by atoms with Gasteiger partial charge in [-0.05, 0) is 89.0 Å². The summed E-state index contributed by atoms with van der Waals surface area (Å²) in [5.74, 6) is 0.565. The molecule has 0 amide bonds. The Bertz CT molecular complexity index is 2290. The van der Waals surface area contributed by atoms with Crippen LogP contribution < -0.4 is 0 Å². The van der Waals surface area contributed by atoms with E-state index in [0.717, 1.165) is 49.6 Å². The lowest BCUT2D eigenvalue weighted by molar-refractivity contribution is 0.627. The lowest BCUT2D eigenvalue weighted by Gasteiger charge is -2.11. The highest BCUT2D eigenvalue weighted by molar-refractivity contribution is 6.10. The molecule has 0 saturated carbocycles. The Hall–Kier alpha value is -6.21. The average Bonchev–Trinajstić information content (AvgIpc) is 3.12. The highest BCUT2D eigenvalue weighted by atomic mass is 19.1. The van der Waals surface area contributed by atoms with Gasteiger partial charge in [0.15, 0.2) is 17.5 Å². The quantitative estimate of drug-likeness (QED) is 0.184. The summed E-state index contributed by atoms with van der Waals surface area (Å²) >= 11 is 0. The first-order chi connectivity index (χ1) is 22.6. The van der Waals surface area contributed by atoms with Crippen LogP contribution in [0.4, 0.5) is 8.78 Å². The molecule has 8 aromatic rings. The standard InChI is InChI=1S/C39H23F2N5/c40-31-17-13-28(14-18-31)38-44-37(45-39(46-38)29-15-19-32(41)20-16-29)27-11-7-25(8-12-27)24-5-9-26(10-6-24)34-23-30-3-1-21-42-35(30)36-33(34)4-2-22-43-36/h1-23H. The lowest BCUT2D eigenvalue weighted by atomic mass is 9.95. The van der Waals surface area contributed by atoms with Crippen molar-refractivity contribution in [1.29, 1.82) is 0 Å². The zero-order valence-electron chi connectivity index (χ0n) is 24.3. The molecular weight excluding hydrogens is 576 g/mol. The summed E-state index contributed by atoms with van der Waals surface area (Å²) < 4.78 is 27.3. The van der Waals surface area contributed by atoms with Gasteiger partial charge in [-0.2, -0.15) is 0 Å². The first kappa shape index (κ1) is 27.3. The summed E-state index contributed by atoms with van der Waals surface area (Å²) in [5.41, 5.74) is 8.17. The minimum Gasteiger partial charge on any atom is -0.254 e. The average molecular weight is 600 g/mol. The number of nitrogens with zero attached hydrogens (tertiary/aromatic N) is 5. The fourth-order valence-corrected chi connectivity index (χ4v) is 5.63. The zero-order chi connectivity index (χ0) is 31.0. The van der Waals surface area contributed by atoms with Gasteiger partial charge in [-0.15, -0.1) is 0 Å². The van der Waals surface area contributed by atoms with Crippen LogP contribution in [-0.4, -0.2) is 24.9 Å². The van der Waals surface area contributed by atoms with Gasteiger partial charge in [0, 0.05) is 39.9 Å². The maximum absolute atomic E-state index is 13.6. The van der Waals surface area contributed by atoms with Crippen molar-refractivity contribution >= 4 is 21.8 Å². The van der Waals surface area contributed by atoms with E-state index in [9.17, 15) is 8.78 Å². The molecule has 5 nitrogen and oxygen atoms in total. The van der Waals surface area contributed by atoms with Gasteiger partial charge in [0.2, 0.25) is 0 Å². The number of pyridine rings is 2. The molecule has 0 saturated heterocycles. The van der Waals surface area contributed by atoms with Crippen LogP contribution in [0.3, 0.4) is 0 Å². The molecule has 5 aromatic carbocycles. The van der Waals surface area contributed by atoms with E-state index in [1.54, 1.807) is 36.7 Å². The molecular formula is C39H23F2N5. The van der Waals surface area contributed by atoms with Crippen molar-refractivity contribution in [3.63, 3.8) is 0 Å². The number of rotatable bonds is 5. The van der Waals surface area contributed by atoms with Crippen LogP contribution in [-0.2, 0) is 0 Å². The second-order valence-corrected chi connectivity index (χ2v) is 10.9. The number of halogens is 2. The van der Waals surface area contributed by atoms with Crippen LogP contribution in [0, 0.1) is 11.6 Å². The van der Waals surface area contributed by atoms with Gasteiger partial charge in [-0.3, -0.25) is 9.97 Å². The van der Waals surface area contributed by atoms with E-state index in [2.05, 4.69) is 57.4 Å². The molecule has 0 bridgehead atoms. The number of hydrogen-bond acceptors (Lipinski definition) is 5. The first-order valence-corrected chi connectivity index (χ1v) is 14.7. The molecule has 46 heavy (non-hydrogen) atoms. The molecule has 0 atom stereocenters. The van der Waals surface area contributed by atoms with E-state index in [4.69, 9.17) is 9.97 Å². The van der Waals surface area contributed by atoms with Crippen LogP contribution >= 0.6 is 0 Å². The summed E-state index contributed by atoms with van der Waals surface area (Å²) in [6.07, 6.45) is 3.60. The van der Waals surface area contributed by atoms with Gasteiger partial charge in [0.1, 0.15) is 11.6 Å². The Morgan fingerprint density at radius 2 is 0.804 bits per heavy atom. The SMILES string of the molecule is Fc1ccc(-c2nc(-c3ccc(F)cc3)nc(-c3ccc(-c4ccc(-c5cc6cccnc6c6ncccc56)cc4)cc3)n2)cc1. The van der Waals surface area contributed by atoms with Crippen molar-refractivity contribution in [3.8, 4) is 56.4 Å². The van der Waals surface area contributed by atoms with E-state index in [0.29, 0.717) is 28.6 Å². The maximum atomic E-state index is 13.6. The number of aromatic nitrogens is 5. The third-order valence-electron chi connectivity index (χ3n) is 7.97. The fourth-order valence-electron chi connectivity index (χ4n) is 5.63. The Balaban J connectivity index is 1.14. The Morgan fingerprint density at radius 3 is 1.33 bits per heavy atom. The smallest absolute Gasteiger partial charge is 0.164 e. The molecule has 0 unspecified atom stereocenters. The van der Waals surface area contributed by atoms with E-state index < -0.39 is 0 Å². The largest absolute Gasteiger partial charge is 0.254 e. The van der Waals surface area contributed by atoms with Gasteiger partial charge >= 0.3 is 0 Å². The normalized spacial score (nSPS) is 11.3. The third kappa shape index (κ3) is 5.14. The number of fused-ring (bicyclic) bond motifs is 3. The highest BCUT2D eigenvalue weighted by Gasteiger charge is 2.14. The molecule has 3 aromatic heterocycles. The van der Waals surface area contributed by atoms with Gasteiger partial charge in [-0.25, -0.2) is 23.7 Å². The molecule has 0 N–H and O–H groups in total. The Kier molecular flexibility index (Phi) is 6.76. The van der Waals surface area contributed by atoms with Gasteiger partial charge < -0.3 is 0 Å². The molecule has 0 radical (unpaired) electrons. The van der Waals surface area contributed by atoms with Crippen molar-refractivity contribution in [2.45, 2.75) is 0 Å². The Labute approximate surface area is 263 Å². The number of hydrogen-bond donors (Lipinski definition) is 0. The van der Waals surface area contributed by atoms with Crippen molar-refractivity contribution in [1.82, 2.24) is 24.9 Å². The van der Waals surface area contributed by atoms with Crippen LogP contribution in [0.15, 0.2) is 140 Å². The molecule has 0 aliphatic carbocycles. The molecule has 218 valence electrons. The van der Waals surface area contributed by atoms with Crippen LogP contribution in [0.5, 0.6) is 0 Å². The van der Waals surface area contributed by atoms with Crippen LogP contribution in [0.25, 0.3) is 78.2 Å². The lowest BCUT2D eigenvalue weighted by Crippen LogP contribution is -2.00. The maximum Gasteiger partial charge on any atom is 0.164 e. The van der Waals surface area contributed by atoms with Crippen molar-refractivity contribution < 1.29 is 8.78 Å². The van der Waals surface area contributed by atoms with E-state index in [1.807, 2.05) is 36.4 Å². The Morgan fingerprint density at radius 1 is 0.391 bits per heavy atom. The topological polar surface area (TPSA) is 64.5 Å². The van der Waals surface area contributed by atoms with Gasteiger partial charge in [-0.1, -0.05) is 60.7 Å². The molecule has 0 spiro atoms. The molecule has 3 heterocycles. The van der Waals surface area contributed by atoms with Crippen LogP contribution in [0.1, 0.15) is 0 Å². The van der Waals surface area contributed by atoms with Crippen molar-refractivity contribution in [2.75, 3.05) is 0 Å². The summed E-state index contributed by atoms with van der Waals surface area (Å²) in [7, 11) is 0. The number of benzene rings is 5. The van der Waals surface area contributed by atoms with Gasteiger partial charge in [0.05, 0.1) is 11.0 Å². The van der Waals surface area contributed by atoms with Crippen molar-refractivity contribution in [2.24, 2.45) is 0 Å². The fraction of sp³-hybridized carbons (Fsp3) is 0. The van der Waals surface area contributed by atoms with Gasteiger partial charge in [0.25, 0.3) is 0 Å². The summed E-state index contributed by atoms with van der Waals surface area (Å²) in [6, 6.07) is 38.7. The molecule has 0 aliphatic rings. The molecule has 7 heteroatoms. The third-order valence-corrected chi connectivity index (χ3v) is 7.97.